The molecular formula is C18H37NO. The van der Waals surface area contributed by atoms with E-state index in [0.29, 0.717) is 6.61 Å². The molecule has 1 fully saturated rings. The van der Waals surface area contributed by atoms with Crippen LogP contribution in [0.3, 0.4) is 0 Å². The Labute approximate surface area is 126 Å². The molecule has 20 heavy (non-hydrogen) atoms. The van der Waals surface area contributed by atoms with Crippen LogP contribution in [0.1, 0.15) is 90.4 Å². The molecule has 1 heterocycles. The van der Waals surface area contributed by atoms with E-state index in [4.69, 9.17) is 0 Å². The molecule has 0 aromatic carbocycles. The molecule has 2 heteroatoms. The first-order valence-electron chi connectivity index (χ1n) is 9.14. The fourth-order valence-electron chi connectivity index (χ4n) is 3.43. The van der Waals surface area contributed by atoms with Crippen molar-refractivity contribution in [3.63, 3.8) is 0 Å². The van der Waals surface area contributed by atoms with Gasteiger partial charge < -0.3 is 10.4 Å². The van der Waals surface area contributed by atoms with E-state index in [1.54, 1.807) is 0 Å². The zero-order valence-electron chi connectivity index (χ0n) is 13.8. The summed E-state index contributed by atoms with van der Waals surface area (Å²) >= 11 is 0. The zero-order chi connectivity index (χ0) is 14.5. The third-order valence-corrected chi connectivity index (χ3v) is 5.06. The maximum atomic E-state index is 9.66. The molecule has 0 aliphatic carbocycles. The molecule has 1 rings (SSSR count). The molecule has 0 aromatic heterocycles. The van der Waals surface area contributed by atoms with E-state index in [2.05, 4.69) is 12.2 Å². The van der Waals surface area contributed by atoms with Crippen molar-refractivity contribution < 1.29 is 5.11 Å². The Kier molecular flexibility index (Phi) is 10.4. The lowest BCUT2D eigenvalue weighted by molar-refractivity contribution is 0.0774. The lowest BCUT2D eigenvalue weighted by atomic mass is 9.75. The number of aliphatic hydroxyl groups excluding tert-OH is 1. The fraction of sp³-hybridized carbons (Fsp3) is 1.00. The van der Waals surface area contributed by atoms with Gasteiger partial charge in [0.1, 0.15) is 0 Å². The lowest BCUT2D eigenvalue weighted by Gasteiger charge is -2.36. The van der Waals surface area contributed by atoms with E-state index in [9.17, 15) is 5.11 Å². The molecule has 1 aliphatic heterocycles. The van der Waals surface area contributed by atoms with Gasteiger partial charge in [0.15, 0.2) is 0 Å². The SMILES string of the molecule is CCCCCCCCCCCCC1(CO)CCNCC1. The fourth-order valence-corrected chi connectivity index (χ4v) is 3.43. The predicted octanol–water partition coefficient (Wildman–Crippen LogP) is 4.66. The molecule has 1 saturated heterocycles. The second-order valence-corrected chi connectivity index (χ2v) is 6.84. The number of rotatable bonds is 12. The van der Waals surface area contributed by atoms with Gasteiger partial charge in [-0.2, -0.15) is 0 Å². The van der Waals surface area contributed by atoms with Crippen LogP contribution in [0.25, 0.3) is 0 Å². The average Bonchev–Trinajstić information content (AvgIpc) is 2.50. The first kappa shape index (κ1) is 18.0. The Morgan fingerprint density at radius 2 is 1.30 bits per heavy atom. The monoisotopic (exact) mass is 283 g/mol. The maximum absolute atomic E-state index is 9.66. The standard InChI is InChI=1S/C18H37NO/c1-2-3-4-5-6-7-8-9-10-11-12-18(17-20)13-15-19-16-14-18/h19-20H,2-17H2,1H3. The van der Waals surface area contributed by atoms with Crippen molar-refractivity contribution in [1.29, 1.82) is 0 Å². The molecular weight excluding hydrogens is 246 g/mol. The highest BCUT2D eigenvalue weighted by atomic mass is 16.3. The average molecular weight is 284 g/mol. The van der Waals surface area contributed by atoms with Crippen LogP contribution in [-0.4, -0.2) is 24.8 Å². The normalized spacial score (nSPS) is 18.3. The lowest BCUT2D eigenvalue weighted by Crippen LogP contribution is -2.39. The van der Waals surface area contributed by atoms with Gasteiger partial charge in [0.25, 0.3) is 0 Å². The topological polar surface area (TPSA) is 32.3 Å². The Hall–Kier alpha value is -0.0800. The van der Waals surface area contributed by atoms with Crippen LogP contribution in [-0.2, 0) is 0 Å². The van der Waals surface area contributed by atoms with Gasteiger partial charge >= 0.3 is 0 Å². The van der Waals surface area contributed by atoms with Crippen LogP contribution < -0.4 is 5.32 Å². The highest BCUT2D eigenvalue weighted by Crippen LogP contribution is 2.34. The van der Waals surface area contributed by atoms with Gasteiger partial charge in [-0.15, -0.1) is 0 Å². The Morgan fingerprint density at radius 1 is 0.800 bits per heavy atom. The predicted molar refractivity (Wildman–Crippen MR) is 88.1 cm³/mol. The first-order chi connectivity index (χ1) is 9.83. The molecule has 120 valence electrons. The van der Waals surface area contributed by atoms with E-state index in [-0.39, 0.29) is 5.41 Å². The summed E-state index contributed by atoms with van der Waals surface area (Å²) in [4.78, 5) is 0. The van der Waals surface area contributed by atoms with E-state index in [1.807, 2.05) is 0 Å². The van der Waals surface area contributed by atoms with Gasteiger partial charge in [-0.3, -0.25) is 0 Å². The summed E-state index contributed by atoms with van der Waals surface area (Å²) in [5.74, 6) is 0. The third kappa shape index (κ3) is 7.64. The molecule has 0 bridgehead atoms. The molecule has 0 saturated carbocycles. The van der Waals surface area contributed by atoms with Crippen molar-refractivity contribution in [1.82, 2.24) is 5.32 Å². The quantitative estimate of drug-likeness (QED) is 0.511. The molecule has 0 unspecified atom stereocenters. The van der Waals surface area contributed by atoms with Crippen LogP contribution in [0.5, 0.6) is 0 Å². The molecule has 0 amide bonds. The number of hydrogen-bond donors (Lipinski definition) is 2. The van der Waals surface area contributed by atoms with Crippen molar-refractivity contribution in [3.05, 3.63) is 0 Å². The molecule has 0 aromatic rings. The van der Waals surface area contributed by atoms with Gasteiger partial charge in [0.2, 0.25) is 0 Å². The summed E-state index contributed by atoms with van der Waals surface area (Å²) in [6, 6.07) is 0. The molecule has 0 atom stereocenters. The second kappa shape index (κ2) is 11.6. The van der Waals surface area contributed by atoms with E-state index in [1.165, 1.54) is 83.5 Å². The Bertz CT molecular complexity index is 211. The smallest absolute Gasteiger partial charge is 0.0488 e. The van der Waals surface area contributed by atoms with Crippen LogP contribution in [0, 0.1) is 5.41 Å². The van der Waals surface area contributed by atoms with Gasteiger partial charge in [-0.25, -0.2) is 0 Å². The minimum atomic E-state index is 0.255. The Balaban J connectivity index is 1.91. The summed E-state index contributed by atoms with van der Waals surface area (Å²) in [6.07, 6.45) is 17.6. The van der Waals surface area contributed by atoms with Crippen molar-refractivity contribution in [2.45, 2.75) is 90.4 Å². The summed E-state index contributed by atoms with van der Waals surface area (Å²) < 4.78 is 0. The van der Waals surface area contributed by atoms with E-state index < -0.39 is 0 Å². The van der Waals surface area contributed by atoms with E-state index in [0.717, 1.165) is 13.1 Å². The zero-order valence-corrected chi connectivity index (χ0v) is 13.8. The largest absolute Gasteiger partial charge is 0.396 e. The summed E-state index contributed by atoms with van der Waals surface area (Å²) in [5, 5.41) is 13.1. The van der Waals surface area contributed by atoms with Crippen molar-refractivity contribution >= 4 is 0 Å². The van der Waals surface area contributed by atoms with Gasteiger partial charge in [0.05, 0.1) is 0 Å². The third-order valence-electron chi connectivity index (χ3n) is 5.06. The number of piperidine rings is 1. The molecule has 1 aliphatic rings. The van der Waals surface area contributed by atoms with Crippen molar-refractivity contribution in [2.75, 3.05) is 19.7 Å². The number of unbranched alkanes of at least 4 members (excludes halogenated alkanes) is 9. The van der Waals surface area contributed by atoms with Gasteiger partial charge in [-0.1, -0.05) is 71.1 Å². The number of hydrogen-bond acceptors (Lipinski definition) is 2. The molecule has 0 spiro atoms. The molecule has 2 nitrogen and oxygen atoms in total. The van der Waals surface area contributed by atoms with Crippen LogP contribution in [0.4, 0.5) is 0 Å². The minimum Gasteiger partial charge on any atom is -0.396 e. The number of aliphatic hydroxyl groups is 1. The summed E-state index contributed by atoms with van der Waals surface area (Å²) in [6.45, 7) is 4.87. The van der Waals surface area contributed by atoms with Crippen LogP contribution in [0.15, 0.2) is 0 Å². The van der Waals surface area contributed by atoms with E-state index >= 15 is 0 Å². The summed E-state index contributed by atoms with van der Waals surface area (Å²) in [7, 11) is 0. The highest BCUT2D eigenvalue weighted by Gasteiger charge is 2.30. The minimum absolute atomic E-state index is 0.255. The van der Waals surface area contributed by atoms with Gasteiger partial charge in [-0.05, 0) is 37.8 Å². The van der Waals surface area contributed by atoms with Crippen LogP contribution in [0.2, 0.25) is 0 Å². The Morgan fingerprint density at radius 3 is 1.80 bits per heavy atom. The van der Waals surface area contributed by atoms with Gasteiger partial charge in [0, 0.05) is 6.61 Å². The first-order valence-corrected chi connectivity index (χ1v) is 9.14. The van der Waals surface area contributed by atoms with Crippen LogP contribution >= 0.6 is 0 Å². The maximum Gasteiger partial charge on any atom is 0.0488 e. The highest BCUT2D eigenvalue weighted by molar-refractivity contribution is 4.83. The molecule has 0 radical (unpaired) electrons. The van der Waals surface area contributed by atoms with Crippen molar-refractivity contribution in [2.24, 2.45) is 5.41 Å². The summed E-state index contributed by atoms with van der Waals surface area (Å²) in [5.41, 5.74) is 0.255. The number of nitrogens with one attached hydrogen (secondary N) is 1. The second-order valence-electron chi connectivity index (χ2n) is 6.84. The van der Waals surface area contributed by atoms with Crippen molar-refractivity contribution in [3.8, 4) is 0 Å². The molecule has 2 N–H and O–H groups in total.